The Hall–Kier alpha value is -6.24. The lowest BCUT2D eigenvalue weighted by molar-refractivity contribution is -0.142. The van der Waals surface area contributed by atoms with Crippen LogP contribution in [0.15, 0.2) is 69.7 Å². The van der Waals surface area contributed by atoms with Gasteiger partial charge in [0.05, 0.1) is 131 Å². The first kappa shape index (κ1) is 61.4. The molecule has 0 radical (unpaired) electrons. The zero-order valence-corrected chi connectivity index (χ0v) is 47.7. The number of carbonyl (C=O) groups excluding carboxylic acids is 4. The molecule has 7 rings (SSSR count). The molecule has 21 nitrogen and oxygen atoms in total. The van der Waals surface area contributed by atoms with Crippen molar-refractivity contribution in [2.45, 2.75) is 90.2 Å². The lowest BCUT2D eigenvalue weighted by atomic mass is 10.1. The second kappa shape index (κ2) is 30.5. The van der Waals surface area contributed by atoms with Gasteiger partial charge in [-0.25, -0.2) is 0 Å². The summed E-state index contributed by atoms with van der Waals surface area (Å²) in [7, 11) is 3.34. The van der Waals surface area contributed by atoms with Crippen LogP contribution in [0.1, 0.15) is 90.2 Å². The third-order valence-corrected chi connectivity index (χ3v) is 15.1. The molecule has 4 aliphatic rings. The van der Waals surface area contributed by atoms with Crippen molar-refractivity contribution in [3.63, 3.8) is 0 Å². The van der Waals surface area contributed by atoms with Crippen molar-refractivity contribution in [3.8, 4) is 17.2 Å². The molecule has 3 N–H and O–H groups in total. The number of methoxy groups -OCH3 is 1. The van der Waals surface area contributed by atoms with Crippen LogP contribution >= 0.6 is 11.8 Å². The van der Waals surface area contributed by atoms with E-state index in [9.17, 15) is 29.4 Å². The zero-order valence-electron chi connectivity index (χ0n) is 46.9. The number of nitrogens with zero attached hydrogens (tertiary/aromatic N) is 6. The SMILES string of the molecule is C/C=C1\C[C@H]2C=Nc3cc(OCc4cc(OCCN(C)CC(C)(C)SCC(=O)NCCOCCOCCOCCOCCC(=O)OC)cc(COc5cc6c(cc5CO)C(=O)N5C/C(=C/C)C[C@H]5C=N6)n4)c(CO)cc3C(=O)N2C1. The van der Waals surface area contributed by atoms with Gasteiger partial charge in [0.25, 0.3) is 11.8 Å². The van der Waals surface area contributed by atoms with Gasteiger partial charge >= 0.3 is 5.97 Å². The van der Waals surface area contributed by atoms with E-state index in [0.29, 0.717) is 154 Å². The predicted octanol–water partition coefficient (Wildman–Crippen LogP) is 5.55. The molecule has 2 atom stereocenters. The molecule has 80 heavy (non-hydrogen) atoms. The van der Waals surface area contributed by atoms with Gasteiger partial charge < -0.3 is 68.1 Å². The summed E-state index contributed by atoms with van der Waals surface area (Å²) in [4.78, 5) is 71.3. The third kappa shape index (κ3) is 17.6. The number of amides is 3. The number of allylic oxidation sites excluding steroid dienone is 2. The van der Waals surface area contributed by atoms with Crippen molar-refractivity contribution in [1.82, 2.24) is 25.0 Å². The standard InChI is InChI=1S/C58H77N7O14S/c1-7-39-21-45-29-60-50-27-52(41(33-66)23-48(50)56(70)64(45)31-39)78-35-43-25-47(26-44(62-43)36-79-53-28-51-49(24-42(53)34-67)57(71)65-32-40(8-2)22-46(65)30-61-51)77-14-11-63(5)38-58(3,4)80-37-54(68)59-10-13-74-16-18-76-20-19-75-17-15-73-12-9-55(69)72-6/h7-8,23-30,45-46,66-67H,9-22,31-38H2,1-6H3,(H,59,68)/b39-7+,40-8+/t45-,46-/m0/s1. The minimum absolute atomic E-state index is 0.0316. The van der Waals surface area contributed by atoms with E-state index < -0.39 is 0 Å². The highest BCUT2D eigenvalue weighted by molar-refractivity contribution is 8.01. The molecule has 0 bridgehead atoms. The minimum atomic E-state index is -0.373. The summed E-state index contributed by atoms with van der Waals surface area (Å²) in [6.07, 6.45) is 9.31. The molecule has 4 aliphatic heterocycles. The van der Waals surface area contributed by atoms with Gasteiger partial charge in [0.2, 0.25) is 5.91 Å². The lowest BCUT2D eigenvalue weighted by Crippen LogP contribution is -2.38. The summed E-state index contributed by atoms with van der Waals surface area (Å²) in [6, 6.07) is 9.91. The van der Waals surface area contributed by atoms with Crippen molar-refractivity contribution in [2.75, 3.05) is 112 Å². The van der Waals surface area contributed by atoms with E-state index in [1.165, 1.54) is 18.3 Å². The normalized spacial score (nSPS) is 17.6. The first-order chi connectivity index (χ1) is 38.7. The number of thioether (sulfide) groups is 1. The summed E-state index contributed by atoms with van der Waals surface area (Å²) in [5.41, 5.74) is 5.89. The number of aromatic nitrogens is 1. The smallest absolute Gasteiger partial charge is 0.307 e. The van der Waals surface area contributed by atoms with E-state index in [1.807, 2.05) is 33.0 Å². The predicted molar refractivity (Wildman–Crippen MR) is 303 cm³/mol. The number of likely N-dealkylation sites (N-methyl/N-ethyl adjacent to an activating group) is 1. The molecule has 2 fully saturated rings. The first-order valence-electron chi connectivity index (χ1n) is 27.1. The molecule has 2 aromatic carbocycles. The number of rotatable bonds is 32. The van der Waals surface area contributed by atoms with Crippen LogP contribution in [0.3, 0.4) is 0 Å². The van der Waals surface area contributed by atoms with Gasteiger partial charge in [0.1, 0.15) is 37.1 Å². The van der Waals surface area contributed by atoms with E-state index >= 15 is 0 Å². The molecule has 1 aromatic heterocycles. The Kier molecular flexibility index (Phi) is 23.4. The molecular formula is C58H77N7O14S. The van der Waals surface area contributed by atoms with Crippen molar-refractivity contribution in [3.05, 3.63) is 93.3 Å². The number of carbonyl (C=O) groups is 4. The second-order valence-corrected chi connectivity index (χ2v) is 21.9. The fourth-order valence-corrected chi connectivity index (χ4v) is 10.4. The minimum Gasteiger partial charge on any atom is -0.492 e. The number of hydrogen-bond acceptors (Lipinski definition) is 19. The van der Waals surface area contributed by atoms with Gasteiger partial charge in [-0.15, -0.1) is 11.8 Å². The zero-order chi connectivity index (χ0) is 57.0. The fraction of sp³-hybridized carbons (Fsp3) is 0.534. The topological polar surface area (TPSA) is 242 Å². The van der Waals surface area contributed by atoms with E-state index in [0.717, 1.165) is 12.8 Å². The van der Waals surface area contributed by atoms with E-state index in [2.05, 4.69) is 28.8 Å². The van der Waals surface area contributed by atoms with Crippen LogP contribution in [0.25, 0.3) is 0 Å². The van der Waals surface area contributed by atoms with E-state index in [4.69, 9.17) is 48.1 Å². The number of aliphatic imine (C=N–C) groups is 2. The van der Waals surface area contributed by atoms with Crippen LogP contribution in [0, 0.1) is 0 Å². The van der Waals surface area contributed by atoms with Crippen molar-refractivity contribution >= 4 is 59.3 Å². The van der Waals surface area contributed by atoms with Gasteiger partial charge in [-0.05, 0) is 59.7 Å². The Morgan fingerprint density at radius 2 is 1.23 bits per heavy atom. The van der Waals surface area contributed by atoms with Gasteiger partial charge in [0, 0.05) is 85.3 Å². The Morgan fingerprint density at radius 1 is 0.725 bits per heavy atom. The Balaban J connectivity index is 0.913. The number of aliphatic hydroxyl groups is 2. The highest BCUT2D eigenvalue weighted by atomic mass is 32.2. The van der Waals surface area contributed by atoms with Gasteiger partial charge in [-0.2, -0.15) is 0 Å². The monoisotopic (exact) mass is 1130 g/mol. The number of nitrogens with one attached hydrogen (secondary N) is 1. The largest absolute Gasteiger partial charge is 0.492 e. The average molecular weight is 1130 g/mol. The Labute approximate surface area is 472 Å². The van der Waals surface area contributed by atoms with E-state index in [-0.39, 0.29) is 79.1 Å². The molecule has 5 heterocycles. The molecule has 0 spiro atoms. The van der Waals surface area contributed by atoms with Gasteiger partial charge in [-0.3, -0.25) is 34.1 Å². The molecular weight excluding hydrogens is 1050 g/mol. The first-order valence-corrected chi connectivity index (χ1v) is 28.1. The number of hydrogen-bond donors (Lipinski definition) is 3. The molecule has 3 aromatic rings. The maximum atomic E-state index is 13.7. The number of aliphatic hydroxyl groups excluding tert-OH is 2. The van der Waals surface area contributed by atoms with Crippen molar-refractivity contribution in [1.29, 1.82) is 0 Å². The van der Waals surface area contributed by atoms with Crippen molar-refractivity contribution < 1.29 is 67.3 Å². The van der Waals surface area contributed by atoms with Crippen molar-refractivity contribution in [2.24, 2.45) is 9.98 Å². The molecule has 0 aliphatic carbocycles. The molecule has 434 valence electrons. The average Bonchev–Trinajstić information content (AvgIpc) is 4.07. The van der Waals surface area contributed by atoms with E-state index in [1.54, 1.807) is 70.4 Å². The number of esters is 1. The number of fused-ring (bicyclic) bond motifs is 4. The molecule has 0 unspecified atom stereocenters. The quantitative estimate of drug-likeness (QED) is 0.0395. The summed E-state index contributed by atoms with van der Waals surface area (Å²) < 4.78 is 45.2. The van der Waals surface area contributed by atoms with Crippen LogP contribution in [0.2, 0.25) is 0 Å². The highest BCUT2D eigenvalue weighted by Crippen LogP contribution is 2.38. The maximum absolute atomic E-state index is 13.7. The van der Waals surface area contributed by atoms with Crippen LogP contribution in [-0.2, 0) is 59.7 Å². The highest BCUT2D eigenvalue weighted by Gasteiger charge is 2.36. The van der Waals surface area contributed by atoms with Crippen LogP contribution < -0.4 is 19.5 Å². The van der Waals surface area contributed by atoms with Crippen LogP contribution in [0.4, 0.5) is 11.4 Å². The second-order valence-electron chi connectivity index (χ2n) is 20.3. The van der Waals surface area contributed by atoms with Crippen LogP contribution in [-0.4, -0.2) is 195 Å². The summed E-state index contributed by atoms with van der Waals surface area (Å²) in [6.45, 7) is 13.3. The molecule has 3 amide bonds. The number of benzene rings is 2. The number of ether oxygens (including phenoxy) is 8. The van der Waals surface area contributed by atoms with Crippen LogP contribution in [0.5, 0.6) is 17.2 Å². The Bertz CT molecular complexity index is 2620. The summed E-state index contributed by atoms with van der Waals surface area (Å²) >= 11 is 1.56. The molecule has 0 saturated carbocycles. The van der Waals surface area contributed by atoms with Gasteiger partial charge in [0.15, 0.2) is 0 Å². The van der Waals surface area contributed by atoms with Gasteiger partial charge in [-0.1, -0.05) is 23.3 Å². The fourth-order valence-electron chi connectivity index (χ4n) is 9.47. The summed E-state index contributed by atoms with van der Waals surface area (Å²) in [5.74, 6) is 0.799. The molecule has 22 heteroatoms. The third-order valence-electron chi connectivity index (χ3n) is 13.8. The lowest BCUT2D eigenvalue weighted by Gasteiger charge is -2.29. The number of pyridine rings is 1. The maximum Gasteiger partial charge on any atom is 0.307 e. The Morgan fingerprint density at radius 3 is 1.71 bits per heavy atom. The summed E-state index contributed by atoms with van der Waals surface area (Å²) in [5, 5.41) is 23.9. The molecule has 2 saturated heterocycles.